The van der Waals surface area contributed by atoms with Crippen LogP contribution in [-0.2, 0) is 41.8 Å². The summed E-state index contributed by atoms with van der Waals surface area (Å²) in [6, 6.07) is 16.2. The van der Waals surface area contributed by atoms with Crippen molar-refractivity contribution < 1.29 is 33.4 Å². The largest absolute Gasteiger partial charge is 0.461 e. The minimum atomic E-state index is -1.15. The van der Waals surface area contributed by atoms with Gasteiger partial charge in [-0.05, 0) is 44.2 Å². The van der Waals surface area contributed by atoms with Gasteiger partial charge in [0.15, 0.2) is 0 Å². The molecule has 0 unspecified atom stereocenters. The van der Waals surface area contributed by atoms with Crippen molar-refractivity contribution in [2.45, 2.75) is 78.4 Å². The maximum atomic E-state index is 13.2. The Balaban J connectivity index is 2.04. The topological polar surface area (TPSA) is 120 Å². The number of rotatable bonds is 12. The maximum Gasteiger partial charge on any atom is 0.408 e. The minimum Gasteiger partial charge on any atom is -0.461 e. The Morgan fingerprint density at radius 3 is 1.82 bits per heavy atom. The van der Waals surface area contributed by atoms with Gasteiger partial charge in [0.2, 0.25) is 5.91 Å². The zero-order valence-electron chi connectivity index (χ0n) is 22.7. The molecule has 0 aromatic heterocycles. The van der Waals surface area contributed by atoms with Gasteiger partial charge in [-0.1, -0.05) is 74.5 Å². The molecule has 9 heteroatoms. The number of ether oxygens (including phenoxy) is 3. The van der Waals surface area contributed by atoms with E-state index in [1.54, 1.807) is 46.8 Å². The third-order valence-electron chi connectivity index (χ3n) is 5.33. The molecule has 0 aliphatic carbocycles. The quantitative estimate of drug-likeness (QED) is 0.313. The smallest absolute Gasteiger partial charge is 0.408 e. The van der Waals surface area contributed by atoms with Gasteiger partial charge in [0.25, 0.3) is 0 Å². The van der Waals surface area contributed by atoms with E-state index in [0.29, 0.717) is 0 Å². The Morgan fingerprint density at radius 2 is 1.32 bits per heavy atom. The van der Waals surface area contributed by atoms with Crippen LogP contribution in [0.15, 0.2) is 60.7 Å². The van der Waals surface area contributed by atoms with Gasteiger partial charge >= 0.3 is 18.0 Å². The van der Waals surface area contributed by atoms with Crippen molar-refractivity contribution in [2.24, 2.45) is 5.92 Å². The van der Waals surface area contributed by atoms with Gasteiger partial charge < -0.3 is 24.8 Å². The Morgan fingerprint density at radius 1 is 0.789 bits per heavy atom. The van der Waals surface area contributed by atoms with Crippen molar-refractivity contribution in [1.29, 1.82) is 0 Å². The van der Waals surface area contributed by atoms with Crippen LogP contribution in [0.5, 0.6) is 0 Å². The lowest BCUT2D eigenvalue weighted by molar-refractivity contribution is -0.160. The van der Waals surface area contributed by atoms with Crippen molar-refractivity contribution in [3.8, 4) is 0 Å². The van der Waals surface area contributed by atoms with Crippen LogP contribution >= 0.6 is 0 Å². The van der Waals surface area contributed by atoms with E-state index >= 15 is 0 Å². The average molecular weight is 527 g/mol. The Hall–Kier alpha value is -3.88. The van der Waals surface area contributed by atoms with E-state index in [4.69, 9.17) is 14.2 Å². The standard InChI is InChI=1S/C29H38N2O7/c1-20(2)25(27(34)38-29(3,4)5)31-26(33)23(30-28(35)37-19-22-14-10-7-11-15-22)16-17-24(32)36-18-21-12-8-6-9-13-21/h6-15,20,23,25H,16-19H2,1-5H3,(H,30,35)(H,31,33)/t23-,25-/m0/s1. The molecule has 2 N–H and O–H groups in total. The molecule has 2 amide bonds. The van der Waals surface area contributed by atoms with Gasteiger partial charge in [-0.2, -0.15) is 0 Å². The van der Waals surface area contributed by atoms with E-state index in [2.05, 4.69) is 10.6 Å². The highest BCUT2D eigenvalue weighted by Gasteiger charge is 2.32. The lowest BCUT2D eigenvalue weighted by atomic mass is 10.0. The molecule has 0 aliphatic heterocycles. The van der Waals surface area contributed by atoms with Gasteiger partial charge in [-0.25, -0.2) is 9.59 Å². The molecule has 0 bridgehead atoms. The SMILES string of the molecule is CC(C)[C@H](NC(=O)[C@H](CCC(=O)OCc1ccccc1)NC(=O)OCc1ccccc1)C(=O)OC(C)(C)C. The highest BCUT2D eigenvalue weighted by atomic mass is 16.6. The van der Waals surface area contributed by atoms with E-state index in [1.807, 2.05) is 48.5 Å². The number of alkyl carbamates (subject to hydrolysis) is 1. The van der Waals surface area contributed by atoms with Crippen LogP contribution < -0.4 is 10.6 Å². The number of benzene rings is 2. The van der Waals surface area contributed by atoms with Crippen LogP contribution in [0.25, 0.3) is 0 Å². The second-order valence-electron chi connectivity index (χ2n) is 10.2. The van der Waals surface area contributed by atoms with Crippen LogP contribution in [0.1, 0.15) is 58.6 Å². The average Bonchev–Trinajstić information content (AvgIpc) is 2.87. The molecular formula is C29H38N2O7. The molecule has 0 saturated carbocycles. The summed E-state index contributed by atoms with van der Waals surface area (Å²) in [5.74, 6) is -2.04. The molecule has 206 valence electrons. The second kappa shape index (κ2) is 14.8. The van der Waals surface area contributed by atoms with Gasteiger partial charge in [-0.15, -0.1) is 0 Å². The predicted molar refractivity (Wildman–Crippen MR) is 142 cm³/mol. The van der Waals surface area contributed by atoms with Crippen LogP contribution in [-0.4, -0.2) is 41.6 Å². The molecule has 2 atom stereocenters. The molecule has 0 heterocycles. The van der Waals surface area contributed by atoms with Crippen molar-refractivity contribution in [2.75, 3.05) is 0 Å². The van der Waals surface area contributed by atoms with Crippen molar-refractivity contribution >= 4 is 23.9 Å². The molecule has 2 aromatic rings. The fourth-order valence-electron chi connectivity index (χ4n) is 3.37. The molecule has 2 aromatic carbocycles. The van der Waals surface area contributed by atoms with Crippen LogP contribution in [0, 0.1) is 5.92 Å². The van der Waals surface area contributed by atoms with E-state index in [0.717, 1.165) is 11.1 Å². The first kappa shape index (κ1) is 30.3. The fourth-order valence-corrected chi connectivity index (χ4v) is 3.37. The summed E-state index contributed by atoms with van der Waals surface area (Å²) in [5.41, 5.74) is 0.865. The zero-order chi connectivity index (χ0) is 28.1. The van der Waals surface area contributed by atoms with E-state index in [1.165, 1.54) is 0 Å². The lowest BCUT2D eigenvalue weighted by Crippen LogP contribution is -2.54. The van der Waals surface area contributed by atoms with Gasteiger partial charge in [0.05, 0.1) is 0 Å². The molecular weight excluding hydrogens is 488 g/mol. The summed E-state index contributed by atoms with van der Waals surface area (Å²) < 4.78 is 16.0. The minimum absolute atomic E-state index is 0.00660. The maximum absolute atomic E-state index is 13.2. The molecule has 0 aliphatic rings. The van der Waals surface area contributed by atoms with Gasteiger partial charge in [0, 0.05) is 6.42 Å². The summed E-state index contributed by atoms with van der Waals surface area (Å²) in [6.45, 7) is 8.84. The highest BCUT2D eigenvalue weighted by molar-refractivity contribution is 5.90. The number of carbonyl (C=O) groups excluding carboxylic acids is 4. The summed E-state index contributed by atoms with van der Waals surface area (Å²) in [7, 11) is 0. The first-order chi connectivity index (χ1) is 17.9. The Labute approximate surface area is 224 Å². The second-order valence-corrected chi connectivity index (χ2v) is 10.2. The monoisotopic (exact) mass is 526 g/mol. The number of carbonyl (C=O) groups is 4. The Bertz CT molecular complexity index is 1050. The summed E-state index contributed by atoms with van der Waals surface area (Å²) >= 11 is 0. The fraction of sp³-hybridized carbons (Fsp3) is 0.448. The summed E-state index contributed by atoms with van der Waals surface area (Å²) in [4.78, 5) is 50.8. The lowest BCUT2D eigenvalue weighted by Gasteiger charge is -2.28. The summed E-state index contributed by atoms with van der Waals surface area (Å²) in [5, 5.41) is 5.18. The van der Waals surface area contributed by atoms with Crippen LogP contribution in [0.3, 0.4) is 0 Å². The molecule has 0 radical (unpaired) electrons. The highest BCUT2D eigenvalue weighted by Crippen LogP contribution is 2.13. The van der Waals surface area contributed by atoms with Crippen molar-refractivity contribution in [3.63, 3.8) is 0 Å². The number of hydrogen-bond donors (Lipinski definition) is 2. The molecule has 9 nitrogen and oxygen atoms in total. The molecule has 2 rings (SSSR count). The molecule has 0 fully saturated rings. The molecule has 0 saturated heterocycles. The predicted octanol–water partition coefficient (Wildman–Crippen LogP) is 4.29. The number of nitrogens with one attached hydrogen (secondary N) is 2. The Kier molecular flexibility index (Phi) is 11.8. The third-order valence-corrected chi connectivity index (χ3v) is 5.33. The van der Waals surface area contributed by atoms with E-state index < -0.39 is 41.6 Å². The number of amides is 2. The first-order valence-corrected chi connectivity index (χ1v) is 12.6. The van der Waals surface area contributed by atoms with Gasteiger partial charge in [-0.3, -0.25) is 9.59 Å². The normalized spacial score (nSPS) is 12.7. The summed E-state index contributed by atoms with van der Waals surface area (Å²) in [6.07, 6.45) is -1.02. The van der Waals surface area contributed by atoms with E-state index in [9.17, 15) is 19.2 Å². The zero-order valence-corrected chi connectivity index (χ0v) is 22.7. The van der Waals surface area contributed by atoms with Crippen LogP contribution in [0.4, 0.5) is 4.79 Å². The number of hydrogen-bond acceptors (Lipinski definition) is 7. The van der Waals surface area contributed by atoms with Crippen molar-refractivity contribution in [1.82, 2.24) is 10.6 Å². The van der Waals surface area contributed by atoms with Gasteiger partial charge in [0.1, 0.15) is 30.9 Å². The number of esters is 2. The van der Waals surface area contributed by atoms with Crippen molar-refractivity contribution in [3.05, 3.63) is 71.8 Å². The molecule has 38 heavy (non-hydrogen) atoms. The third kappa shape index (κ3) is 11.5. The van der Waals surface area contributed by atoms with Crippen LogP contribution in [0.2, 0.25) is 0 Å². The van der Waals surface area contributed by atoms with E-state index in [-0.39, 0.29) is 32.0 Å². The molecule has 0 spiro atoms. The first-order valence-electron chi connectivity index (χ1n) is 12.6.